The van der Waals surface area contributed by atoms with E-state index in [4.69, 9.17) is 4.74 Å². The lowest BCUT2D eigenvalue weighted by Crippen LogP contribution is -2.07. The predicted molar refractivity (Wildman–Crippen MR) is 97.1 cm³/mol. The summed E-state index contributed by atoms with van der Waals surface area (Å²) in [5.74, 6) is 1.36. The van der Waals surface area contributed by atoms with Gasteiger partial charge in [0.25, 0.3) is 0 Å². The molecule has 0 bridgehead atoms. The molecule has 0 unspecified atom stereocenters. The van der Waals surface area contributed by atoms with Crippen molar-refractivity contribution in [3.05, 3.63) is 72.1 Å². The van der Waals surface area contributed by atoms with Crippen LogP contribution >= 0.6 is 11.8 Å². The SMILES string of the molecule is CC(C)(C)SC=CC(=Nc1ccccc1)Oc1ccccc1. The summed E-state index contributed by atoms with van der Waals surface area (Å²) < 4.78 is 6.05. The van der Waals surface area contributed by atoms with Gasteiger partial charge in [-0.05, 0) is 29.7 Å². The van der Waals surface area contributed by atoms with Crippen molar-refractivity contribution in [1.29, 1.82) is 0 Å². The molecule has 0 saturated heterocycles. The lowest BCUT2D eigenvalue weighted by atomic mass is 10.3. The van der Waals surface area contributed by atoms with E-state index in [-0.39, 0.29) is 4.75 Å². The van der Waals surface area contributed by atoms with E-state index >= 15 is 0 Å². The molecule has 0 atom stereocenters. The molecule has 0 amide bonds. The highest BCUT2D eigenvalue weighted by Gasteiger charge is 2.08. The monoisotopic (exact) mass is 311 g/mol. The van der Waals surface area contributed by atoms with Gasteiger partial charge in [0.15, 0.2) is 0 Å². The van der Waals surface area contributed by atoms with E-state index in [0.717, 1.165) is 11.4 Å². The van der Waals surface area contributed by atoms with Crippen molar-refractivity contribution in [2.24, 2.45) is 4.99 Å². The largest absolute Gasteiger partial charge is 0.439 e. The minimum Gasteiger partial charge on any atom is -0.439 e. The number of hydrogen-bond donors (Lipinski definition) is 0. The Bertz CT molecular complexity index is 627. The van der Waals surface area contributed by atoms with Crippen molar-refractivity contribution in [3.63, 3.8) is 0 Å². The van der Waals surface area contributed by atoms with Gasteiger partial charge in [-0.2, -0.15) is 0 Å². The van der Waals surface area contributed by atoms with E-state index in [9.17, 15) is 0 Å². The molecule has 2 rings (SSSR count). The number of ether oxygens (including phenoxy) is 1. The van der Waals surface area contributed by atoms with Crippen molar-refractivity contribution in [1.82, 2.24) is 0 Å². The van der Waals surface area contributed by atoms with Crippen LogP contribution < -0.4 is 4.74 Å². The van der Waals surface area contributed by atoms with Gasteiger partial charge in [-0.1, -0.05) is 57.2 Å². The molecule has 2 nitrogen and oxygen atoms in total. The molecular weight excluding hydrogens is 290 g/mol. The highest BCUT2D eigenvalue weighted by atomic mass is 32.2. The number of nitrogens with zero attached hydrogens (tertiary/aromatic N) is 1. The molecule has 0 saturated carbocycles. The van der Waals surface area contributed by atoms with Crippen LogP contribution in [0.1, 0.15) is 20.8 Å². The van der Waals surface area contributed by atoms with Crippen LogP contribution in [0.2, 0.25) is 0 Å². The van der Waals surface area contributed by atoms with E-state index in [1.54, 1.807) is 11.8 Å². The Balaban J connectivity index is 2.19. The molecule has 0 aromatic heterocycles. The van der Waals surface area contributed by atoms with Gasteiger partial charge >= 0.3 is 0 Å². The Morgan fingerprint density at radius 2 is 1.55 bits per heavy atom. The summed E-state index contributed by atoms with van der Waals surface area (Å²) in [5.41, 5.74) is 0.874. The van der Waals surface area contributed by atoms with Gasteiger partial charge in [-0.25, -0.2) is 4.99 Å². The van der Waals surface area contributed by atoms with Gasteiger partial charge in [0, 0.05) is 10.8 Å². The van der Waals surface area contributed by atoms with Crippen LogP contribution in [0.4, 0.5) is 5.69 Å². The van der Waals surface area contributed by atoms with Crippen LogP contribution in [-0.2, 0) is 0 Å². The second kappa shape index (κ2) is 7.85. The lowest BCUT2D eigenvalue weighted by molar-refractivity contribution is 0.556. The van der Waals surface area contributed by atoms with Gasteiger partial charge in [0.05, 0.1) is 5.69 Å². The molecule has 22 heavy (non-hydrogen) atoms. The lowest BCUT2D eigenvalue weighted by Gasteiger charge is -2.14. The number of benzene rings is 2. The Kier molecular flexibility index (Phi) is 5.84. The van der Waals surface area contributed by atoms with Crippen LogP contribution in [0, 0.1) is 0 Å². The Morgan fingerprint density at radius 3 is 2.14 bits per heavy atom. The summed E-state index contributed by atoms with van der Waals surface area (Å²) in [7, 11) is 0. The maximum absolute atomic E-state index is 5.88. The molecule has 0 radical (unpaired) electrons. The molecular formula is C19H21NOS. The third kappa shape index (κ3) is 6.19. The van der Waals surface area contributed by atoms with Gasteiger partial charge in [-0.15, -0.1) is 11.8 Å². The van der Waals surface area contributed by atoms with Gasteiger partial charge in [0.1, 0.15) is 5.75 Å². The minimum absolute atomic E-state index is 0.168. The van der Waals surface area contributed by atoms with E-state index in [2.05, 4.69) is 25.8 Å². The zero-order valence-electron chi connectivity index (χ0n) is 13.2. The molecule has 0 N–H and O–H groups in total. The first-order valence-corrected chi connectivity index (χ1v) is 8.12. The number of rotatable bonds is 4. The molecule has 3 heteroatoms. The summed E-state index contributed by atoms with van der Waals surface area (Å²) in [6.45, 7) is 6.52. The molecule has 0 fully saturated rings. The summed E-state index contributed by atoms with van der Waals surface area (Å²) in [4.78, 5) is 4.57. The number of aliphatic imine (C=N–C) groups is 1. The van der Waals surface area contributed by atoms with Crippen LogP contribution in [0.3, 0.4) is 0 Å². The highest BCUT2D eigenvalue weighted by molar-refractivity contribution is 8.03. The third-order valence-corrected chi connectivity index (χ3v) is 3.57. The average molecular weight is 311 g/mol. The van der Waals surface area contributed by atoms with E-state index in [1.807, 2.05) is 72.1 Å². The highest BCUT2D eigenvalue weighted by Crippen LogP contribution is 2.24. The minimum atomic E-state index is 0.168. The summed E-state index contributed by atoms with van der Waals surface area (Å²) in [5, 5.41) is 2.03. The molecule has 0 aliphatic carbocycles. The van der Waals surface area contributed by atoms with Crippen LogP contribution in [-0.4, -0.2) is 10.6 Å². The zero-order valence-corrected chi connectivity index (χ0v) is 14.0. The standard InChI is InChI=1S/C19H21NOS/c1-19(2,3)22-15-14-18(20-16-10-6-4-7-11-16)21-17-12-8-5-9-13-17/h4-15H,1-3H3. The van der Waals surface area contributed by atoms with Crippen molar-refractivity contribution in [3.8, 4) is 5.75 Å². The Morgan fingerprint density at radius 1 is 0.955 bits per heavy atom. The van der Waals surface area contributed by atoms with Crippen LogP contribution in [0.15, 0.2) is 77.1 Å². The third-order valence-electron chi connectivity index (χ3n) is 2.59. The van der Waals surface area contributed by atoms with E-state index in [0.29, 0.717) is 5.90 Å². The molecule has 0 heterocycles. The van der Waals surface area contributed by atoms with Gasteiger partial charge in [-0.3, -0.25) is 0 Å². The van der Waals surface area contributed by atoms with Crippen molar-refractivity contribution >= 4 is 23.3 Å². The summed E-state index contributed by atoms with van der Waals surface area (Å²) in [6.07, 6.45) is 1.91. The summed E-state index contributed by atoms with van der Waals surface area (Å²) >= 11 is 1.74. The van der Waals surface area contributed by atoms with Crippen LogP contribution in [0.25, 0.3) is 0 Å². The van der Waals surface area contributed by atoms with Gasteiger partial charge < -0.3 is 4.74 Å². The normalized spacial score (nSPS) is 12.6. The number of hydrogen-bond acceptors (Lipinski definition) is 3. The zero-order chi connectivity index (χ0) is 15.8. The first kappa shape index (κ1) is 16.4. The quantitative estimate of drug-likeness (QED) is 0.522. The van der Waals surface area contributed by atoms with E-state index in [1.165, 1.54) is 0 Å². The predicted octanol–water partition coefficient (Wildman–Crippen LogP) is 5.84. The second-order valence-corrected chi connectivity index (χ2v) is 7.47. The molecule has 0 spiro atoms. The molecule has 2 aromatic rings. The first-order chi connectivity index (χ1) is 10.5. The summed E-state index contributed by atoms with van der Waals surface area (Å²) in [6, 6.07) is 19.5. The first-order valence-electron chi connectivity index (χ1n) is 7.24. The maximum atomic E-state index is 5.88. The van der Waals surface area contributed by atoms with Gasteiger partial charge in [0.2, 0.25) is 5.90 Å². The average Bonchev–Trinajstić information content (AvgIpc) is 2.48. The van der Waals surface area contributed by atoms with Crippen LogP contribution in [0.5, 0.6) is 5.75 Å². The fourth-order valence-electron chi connectivity index (χ4n) is 1.63. The molecule has 2 aromatic carbocycles. The van der Waals surface area contributed by atoms with Crippen molar-refractivity contribution in [2.75, 3.05) is 0 Å². The number of thioether (sulfide) groups is 1. The fraction of sp³-hybridized carbons (Fsp3) is 0.211. The fourth-order valence-corrected chi connectivity index (χ4v) is 2.22. The van der Waals surface area contributed by atoms with Crippen molar-refractivity contribution < 1.29 is 4.74 Å². The van der Waals surface area contributed by atoms with Crippen molar-refractivity contribution in [2.45, 2.75) is 25.5 Å². The topological polar surface area (TPSA) is 21.6 Å². The molecule has 0 aliphatic rings. The second-order valence-electron chi connectivity index (χ2n) is 5.73. The smallest absolute Gasteiger partial charge is 0.220 e. The Hall–Kier alpha value is -2.00. The number of para-hydroxylation sites is 2. The molecule has 0 aliphatic heterocycles. The Labute approximate surface area is 136 Å². The molecule has 114 valence electrons. The van der Waals surface area contributed by atoms with E-state index < -0.39 is 0 Å². The maximum Gasteiger partial charge on any atom is 0.220 e.